The molecule has 1 N–H and O–H groups in total. The fourth-order valence-corrected chi connectivity index (χ4v) is 2.30. The summed E-state index contributed by atoms with van der Waals surface area (Å²) in [6, 6.07) is 3.52. The van der Waals surface area contributed by atoms with Gasteiger partial charge in [-0.25, -0.2) is 0 Å². The summed E-state index contributed by atoms with van der Waals surface area (Å²) in [5.74, 6) is -0.496. The molecule has 1 aliphatic heterocycles. The topological polar surface area (TPSA) is 88.8 Å². The molecule has 1 atom stereocenters. The number of amides is 2. The summed E-state index contributed by atoms with van der Waals surface area (Å²) in [6.07, 6.45) is 1.64. The molecule has 1 fully saturated rings. The highest BCUT2D eigenvalue weighted by atomic mass is 16.5. The maximum atomic E-state index is 12.0. The van der Waals surface area contributed by atoms with E-state index in [1.165, 1.54) is 6.26 Å². The number of rotatable bonds is 7. The Balaban J connectivity index is 1.75. The first-order chi connectivity index (χ1) is 11.0. The second-order valence-corrected chi connectivity index (χ2v) is 6.06. The Kier molecular flexibility index (Phi) is 5.78. The molecule has 1 aliphatic rings. The highest BCUT2D eigenvalue weighted by Crippen LogP contribution is 2.21. The van der Waals surface area contributed by atoms with Crippen LogP contribution >= 0.6 is 0 Å². The van der Waals surface area contributed by atoms with E-state index in [4.69, 9.17) is 9.15 Å². The van der Waals surface area contributed by atoms with Crippen LogP contribution in [0.1, 0.15) is 26.0 Å². The van der Waals surface area contributed by atoms with Crippen molar-refractivity contribution in [3.05, 3.63) is 24.2 Å². The third kappa shape index (κ3) is 5.12. The number of hydrogen-bond acceptors (Lipinski definition) is 5. The van der Waals surface area contributed by atoms with Crippen molar-refractivity contribution in [3.8, 4) is 0 Å². The van der Waals surface area contributed by atoms with E-state index in [0.717, 1.165) is 0 Å². The van der Waals surface area contributed by atoms with Crippen molar-refractivity contribution < 1.29 is 23.5 Å². The maximum Gasteiger partial charge on any atom is 0.311 e. The Labute approximate surface area is 135 Å². The average molecular weight is 322 g/mol. The molecule has 0 spiro atoms. The van der Waals surface area contributed by atoms with Gasteiger partial charge in [0.15, 0.2) is 6.61 Å². The van der Waals surface area contributed by atoms with Gasteiger partial charge in [-0.3, -0.25) is 14.4 Å². The minimum atomic E-state index is -0.532. The molecule has 0 radical (unpaired) electrons. The molecule has 0 aromatic carbocycles. The molecule has 7 nitrogen and oxygen atoms in total. The van der Waals surface area contributed by atoms with E-state index < -0.39 is 11.9 Å². The van der Waals surface area contributed by atoms with Crippen LogP contribution in [0.15, 0.2) is 22.8 Å². The lowest BCUT2D eigenvalue weighted by Crippen LogP contribution is -2.33. The molecule has 2 rings (SSSR count). The fraction of sp³-hybridized carbons (Fsp3) is 0.562. The SMILES string of the molecule is CC(C)CNC(=O)COC(=O)[C@H]1CC(=O)N(Cc2ccco2)C1. The summed E-state index contributed by atoms with van der Waals surface area (Å²) in [7, 11) is 0. The Hall–Kier alpha value is -2.31. The van der Waals surface area contributed by atoms with Crippen molar-refractivity contribution in [2.75, 3.05) is 19.7 Å². The van der Waals surface area contributed by atoms with Gasteiger partial charge in [0, 0.05) is 19.5 Å². The quantitative estimate of drug-likeness (QED) is 0.755. The monoisotopic (exact) mass is 322 g/mol. The van der Waals surface area contributed by atoms with Crippen molar-refractivity contribution in [2.24, 2.45) is 11.8 Å². The Bertz CT molecular complexity index is 553. The third-order valence-electron chi connectivity index (χ3n) is 3.53. The molecule has 0 bridgehead atoms. The molecule has 7 heteroatoms. The van der Waals surface area contributed by atoms with Gasteiger partial charge in [-0.2, -0.15) is 0 Å². The van der Waals surface area contributed by atoms with E-state index in [1.54, 1.807) is 17.0 Å². The van der Waals surface area contributed by atoms with E-state index >= 15 is 0 Å². The largest absolute Gasteiger partial charge is 0.467 e. The lowest BCUT2D eigenvalue weighted by Gasteiger charge is -2.14. The standard InChI is InChI=1S/C16H22N2O5/c1-11(2)7-17-14(19)10-23-16(21)12-6-15(20)18(8-12)9-13-4-3-5-22-13/h3-5,11-12H,6-10H2,1-2H3,(H,17,19)/t12-/m0/s1. The summed E-state index contributed by atoms with van der Waals surface area (Å²) in [5, 5.41) is 2.67. The molecular weight excluding hydrogens is 300 g/mol. The highest BCUT2D eigenvalue weighted by Gasteiger charge is 2.35. The van der Waals surface area contributed by atoms with Crippen molar-refractivity contribution in [1.82, 2.24) is 10.2 Å². The zero-order chi connectivity index (χ0) is 16.8. The molecule has 126 valence electrons. The summed E-state index contributed by atoms with van der Waals surface area (Å²) < 4.78 is 10.2. The average Bonchev–Trinajstić information content (AvgIpc) is 3.13. The molecule has 23 heavy (non-hydrogen) atoms. The van der Waals surface area contributed by atoms with Crippen LogP contribution in [0, 0.1) is 11.8 Å². The first-order valence-corrected chi connectivity index (χ1v) is 7.69. The number of ether oxygens (including phenoxy) is 1. The number of furan rings is 1. The van der Waals surface area contributed by atoms with Crippen LogP contribution < -0.4 is 5.32 Å². The van der Waals surface area contributed by atoms with Gasteiger partial charge in [-0.15, -0.1) is 0 Å². The molecule has 0 saturated carbocycles. The van der Waals surface area contributed by atoms with Crippen LogP contribution in [0.3, 0.4) is 0 Å². The smallest absolute Gasteiger partial charge is 0.311 e. The first kappa shape index (κ1) is 17.1. The van der Waals surface area contributed by atoms with Gasteiger partial charge in [-0.1, -0.05) is 13.8 Å². The van der Waals surface area contributed by atoms with Gasteiger partial charge in [0.25, 0.3) is 5.91 Å². The van der Waals surface area contributed by atoms with Gasteiger partial charge in [0.2, 0.25) is 5.91 Å². The van der Waals surface area contributed by atoms with E-state index in [0.29, 0.717) is 24.8 Å². The van der Waals surface area contributed by atoms with Crippen LogP contribution in [-0.4, -0.2) is 42.4 Å². The number of likely N-dealkylation sites (tertiary alicyclic amines) is 1. The Morgan fingerprint density at radius 3 is 2.91 bits per heavy atom. The van der Waals surface area contributed by atoms with Crippen LogP contribution in [0.2, 0.25) is 0 Å². The molecular formula is C16H22N2O5. The second-order valence-electron chi connectivity index (χ2n) is 6.06. The Morgan fingerprint density at radius 2 is 2.26 bits per heavy atom. The number of carbonyl (C=O) groups is 3. The summed E-state index contributed by atoms with van der Waals surface area (Å²) in [5.41, 5.74) is 0. The van der Waals surface area contributed by atoms with Crippen molar-refractivity contribution in [2.45, 2.75) is 26.8 Å². The maximum absolute atomic E-state index is 12.0. The predicted molar refractivity (Wildman–Crippen MR) is 81.0 cm³/mol. The second kappa shape index (κ2) is 7.80. The molecule has 0 aliphatic carbocycles. The van der Waals surface area contributed by atoms with Gasteiger partial charge in [0.1, 0.15) is 5.76 Å². The predicted octanol–water partition coefficient (Wildman–Crippen LogP) is 0.944. The normalized spacial score (nSPS) is 17.6. The summed E-state index contributed by atoms with van der Waals surface area (Å²) >= 11 is 0. The van der Waals surface area contributed by atoms with Crippen LogP contribution in [0.5, 0.6) is 0 Å². The van der Waals surface area contributed by atoms with Crippen LogP contribution in [0.25, 0.3) is 0 Å². The van der Waals surface area contributed by atoms with Gasteiger partial charge in [-0.05, 0) is 18.1 Å². The van der Waals surface area contributed by atoms with Gasteiger partial charge in [0.05, 0.1) is 18.7 Å². The zero-order valence-corrected chi connectivity index (χ0v) is 13.4. The lowest BCUT2D eigenvalue weighted by atomic mass is 10.1. The number of hydrogen-bond donors (Lipinski definition) is 1. The third-order valence-corrected chi connectivity index (χ3v) is 3.53. The fourth-order valence-electron chi connectivity index (χ4n) is 2.30. The van der Waals surface area contributed by atoms with Crippen molar-refractivity contribution in [3.63, 3.8) is 0 Å². The van der Waals surface area contributed by atoms with Gasteiger partial charge < -0.3 is 19.4 Å². The van der Waals surface area contributed by atoms with E-state index in [1.807, 2.05) is 13.8 Å². The van der Waals surface area contributed by atoms with Crippen LogP contribution in [0.4, 0.5) is 0 Å². The molecule has 1 saturated heterocycles. The molecule has 0 unspecified atom stereocenters. The first-order valence-electron chi connectivity index (χ1n) is 7.69. The Morgan fingerprint density at radius 1 is 1.48 bits per heavy atom. The number of esters is 1. The number of nitrogens with one attached hydrogen (secondary N) is 1. The van der Waals surface area contributed by atoms with E-state index in [-0.39, 0.29) is 31.4 Å². The minimum Gasteiger partial charge on any atom is -0.467 e. The van der Waals surface area contributed by atoms with E-state index in [9.17, 15) is 14.4 Å². The summed E-state index contributed by atoms with van der Waals surface area (Å²) in [4.78, 5) is 37.0. The lowest BCUT2D eigenvalue weighted by molar-refractivity contribution is -0.152. The van der Waals surface area contributed by atoms with Crippen LogP contribution in [-0.2, 0) is 25.7 Å². The van der Waals surface area contributed by atoms with Crippen molar-refractivity contribution in [1.29, 1.82) is 0 Å². The highest BCUT2D eigenvalue weighted by molar-refractivity contribution is 5.88. The molecule has 1 aromatic heterocycles. The number of carbonyl (C=O) groups excluding carboxylic acids is 3. The molecule has 1 aromatic rings. The molecule has 2 heterocycles. The number of nitrogens with zero attached hydrogens (tertiary/aromatic N) is 1. The molecule has 2 amide bonds. The van der Waals surface area contributed by atoms with E-state index in [2.05, 4.69) is 5.32 Å². The van der Waals surface area contributed by atoms with Gasteiger partial charge >= 0.3 is 5.97 Å². The summed E-state index contributed by atoms with van der Waals surface area (Å²) in [6.45, 7) is 4.80. The zero-order valence-electron chi connectivity index (χ0n) is 13.4. The van der Waals surface area contributed by atoms with Crippen molar-refractivity contribution >= 4 is 17.8 Å². The minimum absolute atomic E-state index is 0.104.